The molecule has 1 N–H and O–H groups in total. The van der Waals surface area contributed by atoms with E-state index in [2.05, 4.69) is 4.90 Å². The summed E-state index contributed by atoms with van der Waals surface area (Å²) in [5.74, 6) is 1.92. The second-order valence-corrected chi connectivity index (χ2v) is 8.77. The zero-order chi connectivity index (χ0) is 17.6. The van der Waals surface area contributed by atoms with Crippen molar-refractivity contribution in [3.63, 3.8) is 0 Å². The van der Waals surface area contributed by atoms with Crippen LogP contribution in [0.15, 0.2) is 0 Å². The molecule has 0 amide bonds. The van der Waals surface area contributed by atoms with Crippen LogP contribution < -0.4 is 0 Å². The molecule has 1 heterocycles. The summed E-state index contributed by atoms with van der Waals surface area (Å²) in [6.07, 6.45) is 13.9. The van der Waals surface area contributed by atoms with Crippen molar-refractivity contribution in [1.82, 2.24) is 10.1 Å². The van der Waals surface area contributed by atoms with E-state index in [1.165, 1.54) is 51.4 Å². The number of likely N-dealkylation sites (tertiary alicyclic amines) is 1. The first-order valence-electron chi connectivity index (χ1n) is 10.5. The quantitative estimate of drug-likeness (QED) is 0.733. The van der Waals surface area contributed by atoms with E-state index in [0.717, 1.165) is 37.8 Å². The molecule has 3 fully saturated rings. The minimum atomic E-state index is -0.386. The summed E-state index contributed by atoms with van der Waals surface area (Å²) >= 11 is 0. The molecule has 0 aromatic heterocycles. The lowest BCUT2D eigenvalue weighted by Crippen LogP contribution is -2.43. The SMILES string of the molecule is O=C(CN1CCCC(CC2CCCCC2)C1)C1CCCC(N([O-])O)C1. The molecule has 0 spiro atoms. The first-order valence-corrected chi connectivity index (χ1v) is 10.5. The Kier molecular flexibility index (Phi) is 7.28. The van der Waals surface area contributed by atoms with Crippen LogP contribution >= 0.6 is 0 Å². The molecule has 144 valence electrons. The molecule has 5 heteroatoms. The normalized spacial score (nSPS) is 32.8. The van der Waals surface area contributed by atoms with Gasteiger partial charge in [0.25, 0.3) is 0 Å². The van der Waals surface area contributed by atoms with Crippen molar-refractivity contribution in [2.24, 2.45) is 17.8 Å². The monoisotopic (exact) mass is 351 g/mol. The molecule has 0 radical (unpaired) electrons. The maximum absolute atomic E-state index is 12.7. The first-order chi connectivity index (χ1) is 12.1. The predicted molar refractivity (Wildman–Crippen MR) is 98.1 cm³/mol. The second kappa shape index (κ2) is 9.45. The number of nitrogens with zero attached hydrogens (tertiary/aromatic N) is 2. The Bertz CT molecular complexity index is 423. The maximum atomic E-state index is 12.7. The highest BCUT2D eigenvalue weighted by molar-refractivity contribution is 5.83. The summed E-state index contributed by atoms with van der Waals surface area (Å²) in [6, 6.07) is -0.386. The van der Waals surface area contributed by atoms with Gasteiger partial charge in [-0.15, -0.1) is 0 Å². The molecule has 3 aliphatic rings. The van der Waals surface area contributed by atoms with Gasteiger partial charge in [-0.2, -0.15) is 0 Å². The Morgan fingerprint density at radius 3 is 2.52 bits per heavy atom. The molecule has 2 saturated carbocycles. The topological polar surface area (TPSA) is 66.8 Å². The average molecular weight is 352 g/mol. The van der Waals surface area contributed by atoms with Crippen molar-refractivity contribution in [1.29, 1.82) is 0 Å². The number of hydrogen-bond acceptors (Lipinski definition) is 5. The van der Waals surface area contributed by atoms with Gasteiger partial charge in [0.05, 0.1) is 6.54 Å². The van der Waals surface area contributed by atoms with Crippen molar-refractivity contribution in [2.45, 2.75) is 83.1 Å². The number of Topliss-reactive ketones (excluding diaryl/α,β-unsaturated/α-hetero) is 1. The lowest BCUT2D eigenvalue weighted by Gasteiger charge is -2.38. The molecule has 0 aromatic carbocycles. The fourth-order valence-corrected chi connectivity index (χ4v) is 5.39. The summed E-state index contributed by atoms with van der Waals surface area (Å²) in [5, 5.41) is 20.4. The summed E-state index contributed by atoms with van der Waals surface area (Å²) in [5.41, 5.74) is 0. The van der Waals surface area contributed by atoms with E-state index < -0.39 is 0 Å². The standard InChI is InChI=1S/C20H35N2O3/c23-20(18-9-4-10-19(13-18)22(24)25)15-21-11-5-8-17(14-21)12-16-6-2-1-3-7-16/h16-19,24H,1-15H2/q-1. The van der Waals surface area contributed by atoms with Crippen LogP contribution in [-0.2, 0) is 4.79 Å². The fourth-order valence-electron chi connectivity index (χ4n) is 5.39. The van der Waals surface area contributed by atoms with Crippen molar-refractivity contribution in [2.75, 3.05) is 19.6 Å². The van der Waals surface area contributed by atoms with E-state index >= 15 is 0 Å². The summed E-state index contributed by atoms with van der Waals surface area (Å²) in [7, 11) is 0. The van der Waals surface area contributed by atoms with E-state index in [9.17, 15) is 10.0 Å². The van der Waals surface area contributed by atoms with Crippen molar-refractivity contribution in [3.05, 3.63) is 5.21 Å². The molecule has 3 atom stereocenters. The van der Waals surface area contributed by atoms with Crippen LogP contribution in [0.25, 0.3) is 0 Å². The minimum absolute atomic E-state index is 0.0407. The molecule has 2 aliphatic carbocycles. The molecule has 1 saturated heterocycles. The molecular weight excluding hydrogens is 316 g/mol. The third kappa shape index (κ3) is 5.75. The van der Waals surface area contributed by atoms with Crippen molar-refractivity contribution < 1.29 is 10.0 Å². The molecule has 5 nitrogen and oxygen atoms in total. The van der Waals surface area contributed by atoms with Crippen LogP contribution in [0.2, 0.25) is 0 Å². The highest BCUT2D eigenvalue weighted by Gasteiger charge is 2.30. The molecular formula is C20H35N2O3-. The first kappa shape index (κ1) is 19.3. The van der Waals surface area contributed by atoms with Gasteiger partial charge in [-0.25, -0.2) is 0 Å². The number of ketones is 1. The van der Waals surface area contributed by atoms with Gasteiger partial charge in [0.15, 0.2) is 0 Å². The Balaban J connectivity index is 1.44. The van der Waals surface area contributed by atoms with Gasteiger partial charge in [-0.05, 0) is 56.9 Å². The minimum Gasteiger partial charge on any atom is -0.762 e. The van der Waals surface area contributed by atoms with Crippen LogP contribution in [0, 0.1) is 23.0 Å². The Morgan fingerprint density at radius 2 is 1.76 bits per heavy atom. The van der Waals surface area contributed by atoms with Crippen LogP contribution in [0.4, 0.5) is 0 Å². The summed E-state index contributed by atoms with van der Waals surface area (Å²) in [6.45, 7) is 2.66. The number of carbonyl (C=O) groups excluding carboxylic acids is 1. The molecule has 0 bridgehead atoms. The number of hydrogen-bond donors (Lipinski definition) is 1. The zero-order valence-electron chi connectivity index (χ0n) is 15.6. The van der Waals surface area contributed by atoms with Crippen LogP contribution in [-0.4, -0.2) is 46.8 Å². The van der Waals surface area contributed by atoms with E-state index in [0.29, 0.717) is 19.4 Å². The average Bonchev–Trinajstić information content (AvgIpc) is 2.63. The second-order valence-electron chi connectivity index (χ2n) is 8.77. The van der Waals surface area contributed by atoms with Crippen molar-refractivity contribution >= 4 is 5.78 Å². The Hall–Kier alpha value is -0.490. The van der Waals surface area contributed by atoms with E-state index in [4.69, 9.17) is 5.21 Å². The van der Waals surface area contributed by atoms with Crippen molar-refractivity contribution in [3.8, 4) is 0 Å². The van der Waals surface area contributed by atoms with Gasteiger partial charge < -0.3 is 10.4 Å². The Labute approximate surface area is 152 Å². The van der Waals surface area contributed by atoms with Crippen LogP contribution in [0.3, 0.4) is 0 Å². The van der Waals surface area contributed by atoms with Gasteiger partial charge in [-0.1, -0.05) is 38.5 Å². The number of hydroxylamine groups is 2. The zero-order valence-corrected chi connectivity index (χ0v) is 15.6. The van der Waals surface area contributed by atoms with Gasteiger partial charge in [0.2, 0.25) is 0 Å². The summed E-state index contributed by atoms with van der Waals surface area (Å²) in [4.78, 5) is 15.0. The number of carbonyl (C=O) groups is 1. The fraction of sp³-hybridized carbons (Fsp3) is 0.950. The molecule has 25 heavy (non-hydrogen) atoms. The van der Waals surface area contributed by atoms with Crippen LogP contribution in [0.5, 0.6) is 0 Å². The summed E-state index contributed by atoms with van der Waals surface area (Å²) < 4.78 is 0. The molecule has 0 aromatic rings. The maximum Gasteiger partial charge on any atom is 0.149 e. The highest BCUT2D eigenvalue weighted by Crippen LogP contribution is 2.33. The third-order valence-corrected chi connectivity index (χ3v) is 6.79. The number of piperidine rings is 1. The third-order valence-electron chi connectivity index (χ3n) is 6.79. The van der Waals surface area contributed by atoms with E-state index in [-0.39, 0.29) is 23.0 Å². The van der Waals surface area contributed by atoms with Gasteiger partial charge in [0, 0.05) is 18.5 Å². The Morgan fingerprint density at radius 1 is 1.00 bits per heavy atom. The van der Waals surface area contributed by atoms with Crippen LogP contribution in [0.1, 0.15) is 77.0 Å². The van der Waals surface area contributed by atoms with E-state index in [1.807, 2.05) is 0 Å². The molecule has 1 aliphatic heterocycles. The molecule has 3 rings (SSSR count). The predicted octanol–water partition coefficient (Wildman–Crippen LogP) is 3.99. The van der Waals surface area contributed by atoms with E-state index in [1.54, 1.807) is 0 Å². The number of rotatable bonds is 6. The lowest BCUT2D eigenvalue weighted by molar-refractivity contribution is -0.130. The molecule has 3 unspecified atom stereocenters. The van der Waals surface area contributed by atoms with Gasteiger partial charge in [-0.3, -0.25) is 14.9 Å². The van der Waals surface area contributed by atoms with Gasteiger partial charge in [0.1, 0.15) is 5.78 Å². The van der Waals surface area contributed by atoms with Gasteiger partial charge >= 0.3 is 0 Å². The lowest BCUT2D eigenvalue weighted by atomic mass is 9.80. The highest BCUT2D eigenvalue weighted by atomic mass is 16.8. The largest absolute Gasteiger partial charge is 0.762 e. The smallest absolute Gasteiger partial charge is 0.149 e.